The van der Waals surface area contributed by atoms with Crippen LogP contribution in [-0.4, -0.2) is 18.2 Å². The van der Waals surface area contributed by atoms with E-state index in [1.807, 2.05) is 6.20 Å². The van der Waals surface area contributed by atoms with Gasteiger partial charge in [0.2, 0.25) is 0 Å². The molecule has 0 spiro atoms. The molecule has 0 heterocycles. The number of hydrogen-bond acceptors (Lipinski definition) is 2. The van der Waals surface area contributed by atoms with Crippen molar-refractivity contribution in [2.75, 3.05) is 13.3 Å². The lowest BCUT2D eigenvalue weighted by Crippen LogP contribution is -2.34. The average Bonchev–Trinajstić information content (AvgIpc) is 2.27. The fourth-order valence-corrected chi connectivity index (χ4v) is 2.32. The molecule has 0 saturated heterocycles. The van der Waals surface area contributed by atoms with Crippen molar-refractivity contribution in [3.63, 3.8) is 0 Å². The maximum atomic E-state index is 3.83. The highest BCUT2D eigenvalue weighted by Gasteiger charge is 2.25. The van der Waals surface area contributed by atoms with Gasteiger partial charge in [-0.3, -0.25) is 0 Å². The topological polar surface area (TPSA) is 3.24 Å². The minimum atomic E-state index is -0.0125. The molecule has 0 radical (unpaired) electrons. The predicted octanol–water partition coefficient (Wildman–Crippen LogP) is 3.72. The molecular weight excluding hydrogens is 202 g/mol. The van der Waals surface area contributed by atoms with Crippen molar-refractivity contribution in [1.82, 2.24) is 4.90 Å². The van der Waals surface area contributed by atoms with Crippen molar-refractivity contribution >= 4 is 11.8 Å². The van der Waals surface area contributed by atoms with E-state index in [-0.39, 0.29) is 5.54 Å². The molecule has 2 heteroatoms. The molecule has 0 aliphatic heterocycles. The van der Waals surface area contributed by atoms with Crippen LogP contribution in [-0.2, 0) is 5.54 Å². The lowest BCUT2D eigenvalue weighted by atomic mass is 9.93. The smallest absolute Gasteiger partial charge is 0.0599 e. The molecule has 15 heavy (non-hydrogen) atoms. The monoisotopic (exact) mass is 221 g/mol. The molecule has 0 fully saturated rings. The van der Waals surface area contributed by atoms with Crippen molar-refractivity contribution in [3.05, 3.63) is 42.6 Å². The first-order valence-corrected chi connectivity index (χ1v) is 6.25. The van der Waals surface area contributed by atoms with E-state index in [1.165, 1.54) is 10.5 Å². The van der Waals surface area contributed by atoms with Crippen LogP contribution in [0.5, 0.6) is 0 Å². The summed E-state index contributed by atoms with van der Waals surface area (Å²) in [7, 11) is 2.06. The second-order valence-electron chi connectivity index (χ2n) is 4.05. The zero-order chi connectivity index (χ0) is 11.5. The van der Waals surface area contributed by atoms with Gasteiger partial charge in [0.05, 0.1) is 5.54 Å². The Balaban J connectivity index is 3.19. The summed E-state index contributed by atoms with van der Waals surface area (Å²) in [6.07, 6.45) is 3.99. The minimum Gasteiger partial charge on any atom is -0.372 e. The SMILES string of the molecule is C=CN(C)C(C)(C)c1ccccc1SC. The molecule has 1 nitrogen and oxygen atoms in total. The fourth-order valence-electron chi connectivity index (χ4n) is 1.57. The van der Waals surface area contributed by atoms with Crippen molar-refractivity contribution in [2.24, 2.45) is 0 Å². The van der Waals surface area contributed by atoms with E-state index in [2.05, 4.69) is 62.9 Å². The van der Waals surface area contributed by atoms with Crippen LogP contribution in [0.15, 0.2) is 41.9 Å². The van der Waals surface area contributed by atoms with Gasteiger partial charge in [-0.25, -0.2) is 0 Å². The number of nitrogens with zero attached hydrogens (tertiary/aromatic N) is 1. The van der Waals surface area contributed by atoms with Crippen LogP contribution < -0.4 is 0 Å². The average molecular weight is 221 g/mol. The number of hydrogen-bond donors (Lipinski definition) is 0. The zero-order valence-corrected chi connectivity index (χ0v) is 10.8. The Morgan fingerprint density at radius 3 is 2.47 bits per heavy atom. The van der Waals surface area contributed by atoms with Crippen LogP contribution in [0.25, 0.3) is 0 Å². The lowest BCUT2D eigenvalue weighted by molar-refractivity contribution is 0.225. The van der Waals surface area contributed by atoms with Gasteiger partial charge < -0.3 is 4.90 Å². The molecule has 0 atom stereocenters. The van der Waals surface area contributed by atoms with Gasteiger partial charge in [-0.15, -0.1) is 11.8 Å². The van der Waals surface area contributed by atoms with E-state index < -0.39 is 0 Å². The Labute approximate surface area is 97.2 Å². The standard InChI is InChI=1S/C13H19NS/c1-6-14(4)13(2,3)11-9-7-8-10-12(11)15-5/h6-10H,1H2,2-5H3. The molecule has 0 N–H and O–H groups in total. The Morgan fingerprint density at radius 2 is 1.93 bits per heavy atom. The van der Waals surface area contributed by atoms with E-state index in [0.29, 0.717) is 0 Å². The molecule has 82 valence electrons. The van der Waals surface area contributed by atoms with Gasteiger partial charge in [0, 0.05) is 11.9 Å². The summed E-state index contributed by atoms with van der Waals surface area (Å²) in [6, 6.07) is 8.53. The van der Waals surface area contributed by atoms with Crippen LogP contribution in [0.4, 0.5) is 0 Å². The van der Waals surface area contributed by atoms with E-state index in [1.54, 1.807) is 11.8 Å². The summed E-state index contributed by atoms with van der Waals surface area (Å²) in [5.74, 6) is 0. The van der Waals surface area contributed by atoms with Crippen molar-refractivity contribution in [2.45, 2.75) is 24.3 Å². The molecular formula is C13H19NS. The third-order valence-electron chi connectivity index (χ3n) is 2.92. The van der Waals surface area contributed by atoms with Crippen molar-refractivity contribution in [1.29, 1.82) is 0 Å². The first-order chi connectivity index (χ1) is 7.04. The van der Waals surface area contributed by atoms with Gasteiger partial charge in [-0.05, 0) is 37.9 Å². The van der Waals surface area contributed by atoms with Crippen molar-refractivity contribution in [3.8, 4) is 0 Å². The molecule has 1 rings (SSSR count). The lowest BCUT2D eigenvalue weighted by Gasteiger charge is -2.36. The van der Waals surface area contributed by atoms with Gasteiger partial charge in [0.25, 0.3) is 0 Å². The summed E-state index contributed by atoms with van der Waals surface area (Å²) < 4.78 is 0. The molecule has 1 aromatic rings. The molecule has 0 bridgehead atoms. The quantitative estimate of drug-likeness (QED) is 0.713. The molecule has 0 aromatic heterocycles. The summed E-state index contributed by atoms with van der Waals surface area (Å²) >= 11 is 1.79. The zero-order valence-electron chi connectivity index (χ0n) is 9.95. The minimum absolute atomic E-state index is 0.0125. The molecule has 0 amide bonds. The third kappa shape index (κ3) is 2.37. The molecule has 0 saturated carbocycles. The van der Waals surface area contributed by atoms with Gasteiger partial charge in [0.15, 0.2) is 0 Å². The summed E-state index contributed by atoms with van der Waals surface area (Å²) in [5, 5.41) is 0. The Morgan fingerprint density at radius 1 is 1.33 bits per heavy atom. The Bertz CT molecular complexity index is 344. The van der Waals surface area contributed by atoms with Crippen LogP contribution in [0.3, 0.4) is 0 Å². The van der Waals surface area contributed by atoms with E-state index in [0.717, 1.165) is 0 Å². The first kappa shape index (κ1) is 12.2. The molecule has 0 aliphatic carbocycles. The van der Waals surface area contributed by atoms with Gasteiger partial charge in [-0.2, -0.15) is 0 Å². The largest absolute Gasteiger partial charge is 0.372 e. The number of thioether (sulfide) groups is 1. The molecule has 0 unspecified atom stereocenters. The van der Waals surface area contributed by atoms with E-state index in [4.69, 9.17) is 0 Å². The highest BCUT2D eigenvalue weighted by atomic mass is 32.2. The van der Waals surface area contributed by atoms with Gasteiger partial charge >= 0.3 is 0 Å². The third-order valence-corrected chi connectivity index (χ3v) is 3.72. The van der Waals surface area contributed by atoms with Crippen molar-refractivity contribution < 1.29 is 0 Å². The molecule has 1 aromatic carbocycles. The van der Waals surface area contributed by atoms with Gasteiger partial charge in [0.1, 0.15) is 0 Å². The van der Waals surface area contributed by atoms with Crippen LogP contribution in [0, 0.1) is 0 Å². The Kier molecular flexibility index (Phi) is 3.86. The van der Waals surface area contributed by atoms with Crippen LogP contribution in [0.1, 0.15) is 19.4 Å². The predicted molar refractivity (Wildman–Crippen MR) is 69.2 cm³/mol. The molecule has 0 aliphatic rings. The van der Waals surface area contributed by atoms with Gasteiger partial charge in [-0.1, -0.05) is 24.8 Å². The second-order valence-corrected chi connectivity index (χ2v) is 4.90. The van der Waals surface area contributed by atoms with Crippen LogP contribution >= 0.6 is 11.8 Å². The van der Waals surface area contributed by atoms with E-state index >= 15 is 0 Å². The number of rotatable bonds is 4. The highest BCUT2D eigenvalue weighted by molar-refractivity contribution is 7.98. The second kappa shape index (κ2) is 4.75. The Hall–Kier alpha value is -0.890. The van der Waals surface area contributed by atoms with E-state index in [9.17, 15) is 0 Å². The number of benzene rings is 1. The van der Waals surface area contributed by atoms with Crippen LogP contribution in [0.2, 0.25) is 0 Å². The summed E-state index contributed by atoms with van der Waals surface area (Å²) in [4.78, 5) is 3.47. The summed E-state index contributed by atoms with van der Waals surface area (Å²) in [6.45, 7) is 8.25. The summed E-state index contributed by atoms with van der Waals surface area (Å²) in [5.41, 5.74) is 1.33. The maximum Gasteiger partial charge on any atom is 0.0599 e. The highest BCUT2D eigenvalue weighted by Crippen LogP contribution is 2.33. The normalized spacial score (nSPS) is 11.2. The maximum absolute atomic E-state index is 3.83. The fraction of sp³-hybridized carbons (Fsp3) is 0.385. The first-order valence-electron chi connectivity index (χ1n) is 5.03.